The van der Waals surface area contributed by atoms with Crippen LogP contribution in [0, 0.1) is 23.5 Å². The van der Waals surface area contributed by atoms with Gasteiger partial charge in [-0.05, 0) is 49.0 Å². The molecule has 5 rings (SSSR count). The third kappa shape index (κ3) is 3.60. The van der Waals surface area contributed by atoms with Gasteiger partial charge < -0.3 is 31.3 Å². The van der Waals surface area contributed by atoms with Crippen LogP contribution in [-0.4, -0.2) is 79.7 Å². The molecule has 0 saturated heterocycles. The van der Waals surface area contributed by atoms with E-state index >= 15 is 0 Å². The minimum absolute atomic E-state index is 0.0146. The predicted molar refractivity (Wildman–Crippen MR) is 136 cm³/mol. The molecule has 40 heavy (non-hydrogen) atoms. The zero-order chi connectivity index (χ0) is 29.4. The van der Waals surface area contributed by atoms with Crippen LogP contribution in [0.15, 0.2) is 59.1 Å². The summed E-state index contributed by atoms with van der Waals surface area (Å²) in [7, 11) is 2.81. The fourth-order valence-electron chi connectivity index (χ4n) is 6.15. The summed E-state index contributed by atoms with van der Waals surface area (Å²) in [6, 6.07) is 5.10. The van der Waals surface area contributed by atoms with Gasteiger partial charge in [-0.25, -0.2) is 8.78 Å². The molecule has 0 spiro atoms. The molecule has 10 nitrogen and oxygen atoms in total. The fourth-order valence-corrected chi connectivity index (χ4v) is 6.15. The predicted octanol–water partition coefficient (Wildman–Crippen LogP) is 1.37. The average molecular weight is 555 g/mol. The number of Topliss-reactive ketones (excluding diaryl/α,β-unsaturated/α-hetero) is 2. The Labute approximate surface area is 225 Å². The summed E-state index contributed by atoms with van der Waals surface area (Å²) >= 11 is 0. The first-order valence-electron chi connectivity index (χ1n) is 12.0. The second kappa shape index (κ2) is 9.08. The maximum absolute atomic E-state index is 14.1. The third-order valence-corrected chi connectivity index (χ3v) is 7.74. The number of phenols is 1. The molecule has 0 fully saturated rings. The monoisotopic (exact) mass is 554 g/mol. The molecule has 0 bridgehead atoms. The molecular formula is C28H24F2N2O8. The van der Waals surface area contributed by atoms with Crippen LogP contribution in [0.25, 0.3) is 11.6 Å². The minimum atomic E-state index is -3.09. The number of hydrogen-bond donors (Lipinski definition) is 6. The van der Waals surface area contributed by atoms with Crippen molar-refractivity contribution in [1.29, 1.82) is 0 Å². The zero-order valence-corrected chi connectivity index (χ0v) is 21.1. The van der Waals surface area contributed by atoms with E-state index in [4.69, 9.17) is 5.73 Å². The Kier molecular flexibility index (Phi) is 6.17. The fraction of sp³-hybridized carbons (Fsp3) is 0.250. The number of phenolic OH excluding ortho intramolecular Hbond substituents is 1. The van der Waals surface area contributed by atoms with E-state index in [0.717, 1.165) is 12.1 Å². The largest absolute Gasteiger partial charge is 0.510 e. The zero-order valence-electron chi connectivity index (χ0n) is 21.1. The van der Waals surface area contributed by atoms with Gasteiger partial charge in [0.1, 0.15) is 34.5 Å². The molecule has 208 valence electrons. The number of primary amides is 1. The van der Waals surface area contributed by atoms with E-state index in [9.17, 15) is 48.7 Å². The highest BCUT2D eigenvalue weighted by molar-refractivity contribution is 6.25. The van der Waals surface area contributed by atoms with E-state index in [1.807, 2.05) is 0 Å². The lowest BCUT2D eigenvalue weighted by atomic mass is 9.56. The maximum Gasteiger partial charge on any atom is 0.255 e. The molecule has 3 aliphatic rings. The average Bonchev–Trinajstić information content (AvgIpc) is 2.84. The van der Waals surface area contributed by atoms with Crippen molar-refractivity contribution in [3.63, 3.8) is 0 Å². The van der Waals surface area contributed by atoms with Crippen LogP contribution in [0.3, 0.4) is 0 Å². The molecule has 0 heterocycles. The Balaban J connectivity index is 1.88. The number of likely N-dealkylation sites (N-methyl/N-ethyl adjacent to an activating group) is 1. The molecule has 0 saturated carbocycles. The SMILES string of the molecule is CN(C)C1C(O)=C(C(N)=O)C(=O)C2(O)C(O)=C3C(=O)c4c(O)cccc4/C(=C\c4cc(F)cc(F)c4)C3C(O)C12. The van der Waals surface area contributed by atoms with Gasteiger partial charge in [-0.1, -0.05) is 18.2 Å². The van der Waals surface area contributed by atoms with Gasteiger partial charge in [-0.2, -0.15) is 0 Å². The van der Waals surface area contributed by atoms with Gasteiger partial charge in [-0.3, -0.25) is 19.3 Å². The van der Waals surface area contributed by atoms with Crippen molar-refractivity contribution in [3.05, 3.63) is 87.4 Å². The van der Waals surface area contributed by atoms with E-state index in [1.165, 1.54) is 43.3 Å². The lowest BCUT2D eigenvalue weighted by molar-refractivity contribution is -0.159. The molecule has 5 unspecified atom stereocenters. The molecular weight excluding hydrogens is 530 g/mol. The molecule has 2 aromatic rings. The smallest absolute Gasteiger partial charge is 0.255 e. The number of amides is 1. The number of nitrogens with zero attached hydrogens (tertiary/aromatic N) is 1. The molecule has 0 aliphatic heterocycles. The minimum Gasteiger partial charge on any atom is -0.510 e. The van der Waals surface area contributed by atoms with Crippen molar-refractivity contribution in [2.45, 2.75) is 17.7 Å². The van der Waals surface area contributed by atoms with Crippen LogP contribution in [-0.2, 0) is 9.59 Å². The normalized spacial score (nSPS) is 29.0. The van der Waals surface area contributed by atoms with Crippen LogP contribution >= 0.6 is 0 Å². The first-order chi connectivity index (χ1) is 18.7. The number of ketones is 2. The number of carbonyl (C=O) groups excluding carboxylic acids is 3. The number of hydrogen-bond acceptors (Lipinski definition) is 9. The molecule has 3 aliphatic carbocycles. The number of nitrogens with two attached hydrogens (primary N) is 1. The van der Waals surface area contributed by atoms with Crippen molar-refractivity contribution in [2.75, 3.05) is 14.1 Å². The molecule has 12 heteroatoms. The Morgan fingerprint density at radius 1 is 1.07 bits per heavy atom. The number of fused-ring (bicyclic) bond motifs is 3. The summed E-state index contributed by atoms with van der Waals surface area (Å²) in [6.45, 7) is 0. The number of benzene rings is 2. The summed E-state index contributed by atoms with van der Waals surface area (Å²) in [5.41, 5.74) is 0.186. The maximum atomic E-state index is 14.1. The van der Waals surface area contributed by atoms with Crippen molar-refractivity contribution in [3.8, 4) is 5.75 Å². The standard InChI is InChI=1S/C28H24F2N2O8/c1-32(2)21-20-23(35)17-14(8-10-6-11(29)9-12(30)7-10)13-4-3-5-15(33)16(13)22(34)18(17)25(37)28(20,40)26(38)19(24(21)36)27(31)39/h3-9,17,20-21,23,33,35-37,40H,1-2H3,(H2,31,39)/b14-8+. The molecule has 7 N–H and O–H groups in total. The van der Waals surface area contributed by atoms with Crippen LogP contribution in [0.4, 0.5) is 8.78 Å². The van der Waals surface area contributed by atoms with E-state index in [1.54, 1.807) is 0 Å². The second-order valence-electron chi connectivity index (χ2n) is 10.2. The highest BCUT2D eigenvalue weighted by Gasteiger charge is 2.67. The Morgan fingerprint density at radius 2 is 1.70 bits per heavy atom. The van der Waals surface area contributed by atoms with Crippen molar-refractivity contribution in [2.24, 2.45) is 17.6 Å². The quantitative estimate of drug-likeness (QED) is 0.305. The van der Waals surface area contributed by atoms with Crippen LogP contribution < -0.4 is 5.73 Å². The topological polar surface area (TPSA) is 182 Å². The van der Waals surface area contributed by atoms with Crippen molar-refractivity contribution >= 4 is 29.1 Å². The Bertz CT molecular complexity index is 1590. The number of halogens is 2. The number of rotatable bonds is 3. The van der Waals surface area contributed by atoms with E-state index in [-0.39, 0.29) is 22.3 Å². The lowest BCUT2D eigenvalue weighted by Gasteiger charge is -2.52. The second-order valence-corrected chi connectivity index (χ2v) is 10.2. The summed E-state index contributed by atoms with van der Waals surface area (Å²) in [4.78, 5) is 40.6. The summed E-state index contributed by atoms with van der Waals surface area (Å²) < 4.78 is 28.1. The van der Waals surface area contributed by atoms with E-state index < -0.39 is 87.1 Å². The molecule has 1 amide bonds. The number of aliphatic hydroxyl groups excluding tert-OH is 3. The molecule has 0 radical (unpaired) electrons. The van der Waals surface area contributed by atoms with Gasteiger partial charge in [0.05, 0.1) is 29.2 Å². The lowest BCUT2D eigenvalue weighted by Crippen LogP contribution is -2.68. The first kappa shape index (κ1) is 27.2. The third-order valence-electron chi connectivity index (χ3n) is 7.74. The Morgan fingerprint density at radius 3 is 2.27 bits per heavy atom. The van der Waals surface area contributed by atoms with Crippen molar-refractivity contribution in [1.82, 2.24) is 4.90 Å². The molecule has 0 aromatic heterocycles. The van der Waals surface area contributed by atoms with E-state index in [2.05, 4.69) is 0 Å². The first-order valence-corrected chi connectivity index (χ1v) is 12.0. The van der Waals surface area contributed by atoms with Gasteiger partial charge >= 0.3 is 0 Å². The van der Waals surface area contributed by atoms with Crippen LogP contribution in [0.1, 0.15) is 21.5 Å². The summed E-state index contributed by atoms with van der Waals surface area (Å²) in [5, 5.41) is 56.5. The summed E-state index contributed by atoms with van der Waals surface area (Å²) in [5.74, 6) is -11.7. The van der Waals surface area contributed by atoms with Gasteiger partial charge in [0.15, 0.2) is 11.4 Å². The van der Waals surface area contributed by atoms with E-state index in [0.29, 0.717) is 6.07 Å². The highest BCUT2D eigenvalue weighted by atomic mass is 19.1. The van der Waals surface area contributed by atoms with Crippen LogP contribution in [0.5, 0.6) is 5.75 Å². The number of aliphatic hydroxyl groups is 4. The van der Waals surface area contributed by atoms with Crippen LogP contribution in [0.2, 0.25) is 0 Å². The number of aromatic hydroxyl groups is 1. The number of carbonyl (C=O) groups is 3. The highest BCUT2D eigenvalue weighted by Crippen LogP contribution is 2.55. The Hall–Kier alpha value is -4.39. The van der Waals surface area contributed by atoms with Gasteiger partial charge in [0, 0.05) is 12.0 Å². The summed E-state index contributed by atoms with van der Waals surface area (Å²) in [6.07, 6.45) is -0.671. The van der Waals surface area contributed by atoms with Gasteiger partial charge in [0.2, 0.25) is 5.78 Å². The molecule has 5 atom stereocenters. The molecule has 2 aromatic carbocycles. The van der Waals surface area contributed by atoms with Gasteiger partial charge in [0.25, 0.3) is 5.91 Å². The van der Waals surface area contributed by atoms with Crippen molar-refractivity contribution < 1.29 is 48.7 Å². The van der Waals surface area contributed by atoms with Gasteiger partial charge in [-0.15, -0.1) is 0 Å².